The van der Waals surface area contributed by atoms with Gasteiger partial charge in [0.2, 0.25) is 0 Å². The van der Waals surface area contributed by atoms with Crippen LogP contribution in [0.15, 0.2) is 53.0 Å². The van der Waals surface area contributed by atoms with Crippen LogP contribution in [0.2, 0.25) is 0 Å². The third-order valence-corrected chi connectivity index (χ3v) is 3.13. The fourth-order valence-corrected chi connectivity index (χ4v) is 2.08. The van der Waals surface area contributed by atoms with Gasteiger partial charge < -0.3 is 5.32 Å². The molecule has 0 aliphatic carbocycles. The minimum atomic E-state index is -0.443. The van der Waals surface area contributed by atoms with Gasteiger partial charge >= 0.3 is 0 Å². The van der Waals surface area contributed by atoms with Crippen LogP contribution < -0.4 is 5.32 Å². The van der Waals surface area contributed by atoms with Crippen molar-refractivity contribution < 1.29 is 0 Å². The molecule has 4 heteroatoms. The van der Waals surface area contributed by atoms with Crippen molar-refractivity contribution in [2.24, 2.45) is 0 Å². The SMILES string of the molecule is N#Cc1ccc(C(C#N)Nc2cccc(Br)c2)cc1. The molecule has 0 spiro atoms. The van der Waals surface area contributed by atoms with Crippen LogP contribution in [0.3, 0.4) is 0 Å². The summed E-state index contributed by atoms with van der Waals surface area (Å²) in [6.07, 6.45) is 0. The maximum absolute atomic E-state index is 9.25. The third-order valence-electron chi connectivity index (χ3n) is 2.64. The molecule has 0 amide bonds. The van der Waals surface area contributed by atoms with Gasteiger partial charge in [-0.1, -0.05) is 34.1 Å². The largest absolute Gasteiger partial charge is 0.366 e. The lowest BCUT2D eigenvalue weighted by atomic mass is 10.1. The van der Waals surface area contributed by atoms with Crippen LogP contribution in [0, 0.1) is 22.7 Å². The summed E-state index contributed by atoms with van der Waals surface area (Å²) >= 11 is 3.39. The molecule has 19 heavy (non-hydrogen) atoms. The van der Waals surface area contributed by atoms with Crippen LogP contribution >= 0.6 is 15.9 Å². The van der Waals surface area contributed by atoms with Crippen molar-refractivity contribution in [1.29, 1.82) is 10.5 Å². The summed E-state index contributed by atoms with van der Waals surface area (Å²) in [6, 6.07) is 18.5. The summed E-state index contributed by atoms with van der Waals surface area (Å²) in [7, 11) is 0. The number of rotatable bonds is 3. The Kier molecular flexibility index (Phi) is 4.18. The molecule has 0 aliphatic heterocycles. The molecule has 92 valence electrons. The number of nitrogens with one attached hydrogen (secondary N) is 1. The van der Waals surface area contributed by atoms with Crippen molar-refractivity contribution >= 4 is 21.6 Å². The lowest BCUT2D eigenvalue weighted by Crippen LogP contribution is -2.08. The van der Waals surface area contributed by atoms with Gasteiger partial charge in [0, 0.05) is 10.2 Å². The Bertz CT molecular complexity index is 650. The second-order valence-corrected chi connectivity index (χ2v) is 4.87. The van der Waals surface area contributed by atoms with Gasteiger partial charge in [-0.2, -0.15) is 10.5 Å². The van der Waals surface area contributed by atoms with Gasteiger partial charge in [-0.05, 0) is 35.9 Å². The predicted molar refractivity (Wildman–Crippen MR) is 77.3 cm³/mol. The number of halogens is 1. The zero-order chi connectivity index (χ0) is 13.7. The molecule has 1 unspecified atom stereocenters. The van der Waals surface area contributed by atoms with E-state index in [0.717, 1.165) is 15.7 Å². The summed E-state index contributed by atoms with van der Waals surface area (Å²) < 4.78 is 0.953. The highest BCUT2D eigenvalue weighted by Crippen LogP contribution is 2.22. The summed E-state index contributed by atoms with van der Waals surface area (Å²) in [5.74, 6) is 0. The molecule has 2 rings (SSSR count). The molecule has 2 aromatic carbocycles. The summed E-state index contributed by atoms with van der Waals surface area (Å²) in [4.78, 5) is 0. The van der Waals surface area contributed by atoms with Crippen molar-refractivity contribution in [3.8, 4) is 12.1 Å². The van der Waals surface area contributed by atoms with Gasteiger partial charge in [-0.3, -0.25) is 0 Å². The Labute approximate surface area is 120 Å². The molecule has 0 heterocycles. The molecule has 0 radical (unpaired) electrons. The van der Waals surface area contributed by atoms with Crippen LogP contribution in [0.1, 0.15) is 17.2 Å². The van der Waals surface area contributed by atoms with E-state index in [4.69, 9.17) is 5.26 Å². The highest BCUT2D eigenvalue weighted by Gasteiger charge is 2.10. The molecule has 0 saturated heterocycles. The van der Waals surface area contributed by atoms with Crippen LogP contribution in [0.25, 0.3) is 0 Å². The molecular formula is C15H10BrN3. The molecule has 0 bridgehead atoms. The second-order valence-electron chi connectivity index (χ2n) is 3.95. The van der Waals surface area contributed by atoms with E-state index in [1.807, 2.05) is 24.3 Å². The third kappa shape index (κ3) is 3.34. The van der Waals surface area contributed by atoms with Gasteiger partial charge in [0.25, 0.3) is 0 Å². The number of benzene rings is 2. The molecule has 3 nitrogen and oxygen atoms in total. The molecule has 1 N–H and O–H groups in total. The molecular weight excluding hydrogens is 302 g/mol. The minimum Gasteiger partial charge on any atom is -0.366 e. The minimum absolute atomic E-state index is 0.443. The molecule has 2 aromatic rings. The summed E-state index contributed by atoms with van der Waals surface area (Å²) in [6.45, 7) is 0. The average Bonchev–Trinajstić information content (AvgIpc) is 2.45. The zero-order valence-electron chi connectivity index (χ0n) is 9.97. The van der Waals surface area contributed by atoms with Crippen LogP contribution in [0.4, 0.5) is 5.69 Å². The Hall–Kier alpha value is -2.30. The highest BCUT2D eigenvalue weighted by atomic mass is 79.9. The highest BCUT2D eigenvalue weighted by molar-refractivity contribution is 9.10. The monoisotopic (exact) mass is 311 g/mol. The fourth-order valence-electron chi connectivity index (χ4n) is 1.69. The topological polar surface area (TPSA) is 59.6 Å². The van der Waals surface area contributed by atoms with E-state index in [9.17, 15) is 5.26 Å². The van der Waals surface area contributed by atoms with Crippen LogP contribution in [-0.4, -0.2) is 0 Å². The Balaban J connectivity index is 2.21. The number of hydrogen-bond donors (Lipinski definition) is 1. The standard InChI is InChI=1S/C15H10BrN3/c16-13-2-1-3-14(8-13)19-15(10-18)12-6-4-11(9-17)5-7-12/h1-8,15,19H. The van der Waals surface area contributed by atoms with Crippen molar-refractivity contribution in [3.05, 3.63) is 64.1 Å². The lowest BCUT2D eigenvalue weighted by Gasteiger charge is -2.13. The summed E-state index contributed by atoms with van der Waals surface area (Å²) in [5, 5.41) is 21.2. The first-order chi connectivity index (χ1) is 9.22. The average molecular weight is 312 g/mol. The molecule has 0 aliphatic rings. The van der Waals surface area contributed by atoms with Crippen molar-refractivity contribution in [2.45, 2.75) is 6.04 Å². The fraction of sp³-hybridized carbons (Fsp3) is 0.0667. The molecule has 1 atom stereocenters. The van der Waals surface area contributed by atoms with E-state index in [-0.39, 0.29) is 0 Å². The molecule has 0 aromatic heterocycles. The predicted octanol–water partition coefficient (Wildman–Crippen LogP) is 4.00. The number of anilines is 1. The maximum atomic E-state index is 9.25. The quantitative estimate of drug-likeness (QED) is 0.932. The Morgan fingerprint density at radius 3 is 2.37 bits per heavy atom. The van der Waals surface area contributed by atoms with E-state index < -0.39 is 6.04 Å². The van der Waals surface area contributed by atoms with Crippen molar-refractivity contribution in [1.82, 2.24) is 0 Å². The Morgan fingerprint density at radius 1 is 1.05 bits per heavy atom. The van der Waals surface area contributed by atoms with E-state index in [0.29, 0.717) is 5.56 Å². The first-order valence-electron chi connectivity index (χ1n) is 5.64. The van der Waals surface area contributed by atoms with E-state index in [1.165, 1.54) is 0 Å². The maximum Gasteiger partial charge on any atom is 0.140 e. The van der Waals surface area contributed by atoms with Crippen LogP contribution in [-0.2, 0) is 0 Å². The molecule has 0 fully saturated rings. The Morgan fingerprint density at radius 2 is 1.79 bits per heavy atom. The van der Waals surface area contributed by atoms with Gasteiger partial charge in [-0.15, -0.1) is 0 Å². The number of nitrogens with zero attached hydrogens (tertiary/aromatic N) is 2. The first kappa shape index (κ1) is 13.1. The van der Waals surface area contributed by atoms with Gasteiger partial charge in [0.1, 0.15) is 6.04 Å². The van der Waals surface area contributed by atoms with Crippen molar-refractivity contribution in [2.75, 3.05) is 5.32 Å². The zero-order valence-corrected chi connectivity index (χ0v) is 11.6. The first-order valence-corrected chi connectivity index (χ1v) is 6.44. The normalized spacial score (nSPS) is 11.1. The van der Waals surface area contributed by atoms with Crippen molar-refractivity contribution in [3.63, 3.8) is 0 Å². The second kappa shape index (κ2) is 6.04. The van der Waals surface area contributed by atoms with Gasteiger partial charge in [0.15, 0.2) is 0 Å². The lowest BCUT2D eigenvalue weighted by molar-refractivity contribution is 0.997. The number of hydrogen-bond acceptors (Lipinski definition) is 3. The number of nitriles is 2. The van der Waals surface area contributed by atoms with Gasteiger partial charge in [-0.25, -0.2) is 0 Å². The van der Waals surface area contributed by atoms with E-state index in [2.05, 4.69) is 33.4 Å². The smallest absolute Gasteiger partial charge is 0.140 e. The van der Waals surface area contributed by atoms with Crippen LogP contribution in [0.5, 0.6) is 0 Å². The molecule has 0 saturated carbocycles. The van der Waals surface area contributed by atoms with E-state index >= 15 is 0 Å². The van der Waals surface area contributed by atoms with E-state index in [1.54, 1.807) is 24.3 Å². The summed E-state index contributed by atoms with van der Waals surface area (Å²) in [5.41, 5.74) is 2.29. The van der Waals surface area contributed by atoms with Gasteiger partial charge in [0.05, 0.1) is 17.7 Å².